The molecule has 82 valence electrons. The molecule has 1 aliphatic rings. The zero-order valence-corrected chi connectivity index (χ0v) is 8.91. The first-order chi connectivity index (χ1) is 7.34. The maximum atomic E-state index is 5.72. The Morgan fingerprint density at radius 3 is 2.87 bits per heavy atom. The molecule has 0 spiro atoms. The first-order valence-electron chi connectivity index (χ1n) is 5.53. The molecule has 0 saturated carbocycles. The molecule has 1 aromatic carbocycles. The number of benzene rings is 1. The average molecular weight is 206 g/mol. The van der Waals surface area contributed by atoms with E-state index in [1.807, 2.05) is 24.3 Å². The van der Waals surface area contributed by atoms with Crippen LogP contribution in [0.3, 0.4) is 0 Å². The lowest BCUT2D eigenvalue weighted by atomic mass is 9.99. The third-order valence-electron chi connectivity index (χ3n) is 2.80. The molecule has 1 saturated heterocycles. The summed E-state index contributed by atoms with van der Waals surface area (Å²) in [7, 11) is 0. The van der Waals surface area contributed by atoms with Gasteiger partial charge >= 0.3 is 0 Å². The van der Waals surface area contributed by atoms with E-state index >= 15 is 0 Å². The molecule has 1 aromatic rings. The maximum absolute atomic E-state index is 5.72. The Labute approximate surface area is 90.6 Å². The number of nitrogen functional groups attached to an aromatic ring is 1. The van der Waals surface area contributed by atoms with Crippen LogP contribution in [0.1, 0.15) is 12.8 Å². The van der Waals surface area contributed by atoms with Crippen molar-refractivity contribution < 1.29 is 4.74 Å². The third kappa shape index (κ3) is 3.13. The molecule has 15 heavy (non-hydrogen) atoms. The molecular weight excluding hydrogens is 188 g/mol. The molecular formula is C12H18N2O. The van der Waals surface area contributed by atoms with Gasteiger partial charge in [-0.05, 0) is 44.0 Å². The lowest BCUT2D eigenvalue weighted by Gasteiger charge is -2.22. The van der Waals surface area contributed by atoms with Crippen molar-refractivity contribution in [1.82, 2.24) is 5.32 Å². The van der Waals surface area contributed by atoms with Gasteiger partial charge in [-0.2, -0.15) is 0 Å². The van der Waals surface area contributed by atoms with Crippen LogP contribution in [0, 0.1) is 5.92 Å². The van der Waals surface area contributed by atoms with Crippen LogP contribution in [0.5, 0.6) is 5.75 Å². The Bertz CT molecular complexity index is 308. The van der Waals surface area contributed by atoms with E-state index in [4.69, 9.17) is 10.5 Å². The highest BCUT2D eigenvalue weighted by molar-refractivity contribution is 5.43. The van der Waals surface area contributed by atoms with Crippen LogP contribution in [0.15, 0.2) is 24.3 Å². The summed E-state index contributed by atoms with van der Waals surface area (Å²) < 4.78 is 5.72. The van der Waals surface area contributed by atoms with Crippen molar-refractivity contribution in [3.8, 4) is 5.75 Å². The van der Waals surface area contributed by atoms with Gasteiger partial charge < -0.3 is 15.8 Å². The van der Waals surface area contributed by atoms with E-state index in [-0.39, 0.29) is 0 Å². The molecule has 0 radical (unpaired) electrons. The van der Waals surface area contributed by atoms with Gasteiger partial charge in [0.1, 0.15) is 5.75 Å². The van der Waals surface area contributed by atoms with Crippen molar-refractivity contribution in [2.75, 3.05) is 25.4 Å². The highest BCUT2D eigenvalue weighted by Gasteiger charge is 2.13. The van der Waals surface area contributed by atoms with Gasteiger partial charge in [0.25, 0.3) is 0 Å². The van der Waals surface area contributed by atoms with Gasteiger partial charge in [-0.3, -0.25) is 0 Å². The Morgan fingerprint density at radius 1 is 1.33 bits per heavy atom. The van der Waals surface area contributed by atoms with Gasteiger partial charge in [-0.1, -0.05) is 6.07 Å². The second-order valence-corrected chi connectivity index (χ2v) is 4.08. The zero-order valence-electron chi connectivity index (χ0n) is 8.91. The largest absolute Gasteiger partial charge is 0.493 e. The number of nitrogens with two attached hydrogens (primary N) is 1. The molecule has 0 atom stereocenters. The van der Waals surface area contributed by atoms with Gasteiger partial charge in [0.15, 0.2) is 0 Å². The summed E-state index contributed by atoms with van der Waals surface area (Å²) in [6.07, 6.45) is 2.42. The van der Waals surface area contributed by atoms with E-state index in [1.54, 1.807) is 0 Å². The van der Waals surface area contributed by atoms with Gasteiger partial charge in [-0.15, -0.1) is 0 Å². The molecule has 1 aliphatic heterocycles. The molecule has 3 heteroatoms. The number of rotatable bonds is 3. The van der Waals surface area contributed by atoms with E-state index in [9.17, 15) is 0 Å². The molecule has 1 heterocycles. The van der Waals surface area contributed by atoms with E-state index < -0.39 is 0 Å². The predicted octanol–water partition coefficient (Wildman–Crippen LogP) is 1.65. The molecule has 3 N–H and O–H groups in total. The maximum Gasteiger partial charge on any atom is 0.121 e. The summed E-state index contributed by atoms with van der Waals surface area (Å²) in [5.74, 6) is 1.57. The smallest absolute Gasteiger partial charge is 0.121 e. The van der Waals surface area contributed by atoms with Crippen molar-refractivity contribution >= 4 is 5.69 Å². The second-order valence-electron chi connectivity index (χ2n) is 4.08. The highest BCUT2D eigenvalue weighted by atomic mass is 16.5. The van der Waals surface area contributed by atoms with Crippen LogP contribution in [-0.2, 0) is 0 Å². The lowest BCUT2D eigenvalue weighted by Crippen LogP contribution is -2.30. The van der Waals surface area contributed by atoms with Crippen LogP contribution in [0.4, 0.5) is 5.69 Å². The first-order valence-corrected chi connectivity index (χ1v) is 5.53. The normalized spacial score (nSPS) is 17.6. The van der Waals surface area contributed by atoms with Crippen molar-refractivity contribution in [2.45, 2.75) is 12.8 Å². The van der Waals surface area contributed by atoms with Gasteiger partial charge in [-0.25, -0.2) is 0 Å². The Morgan fingerprint density at radius 2 is 2.13 bits per heavy atom. The number of ether oxygens (including phenoxy) is 1. The average Bonchev–Trinajstić information content (AvgIpc) is 2.28. The molecule has 2 rings (SSSR count). The SMILES string of the molecule is Nc1cccc(OCC2CCNCC2)c1. The summed E-state index contributed by atoms with van der Waals surface area (Å²) in [4.78, 5) is 0. The molecule has 0 unspecified atom stereocenters. The van der Waals surface area contributed by atoms with Crippen LogP contribution >= 0.6 is 0 Å². The van der Waals surface area contributed by atoms with Crippen molar-refractivity contribution in [1.29, 1.82) is 0 Å². The van der Waals surface area contributed by atoms with E-state index in [2.05, 4.69) is 5.32 Å². The van der Waals surface area contributed by atoms with E-state index in [0.29, 0.717) is 5.92 Å². The first kappa shape index (κ1) is 10.3. The number of anilines is 1. The number of hydrogen-bond donors (Lipinski definition) is 2. The van der Waals surface area contributed by atoms with Crippen LogP contribution < -0.4 is 15.8 Å². The fraction of sp³-hybridized carbons (Fsp3) is 0.500. The third-order valence-corrected chi connectivity index (χ3v) is 2.80. The molecule has 3 nitrogen and oxygen atoms in total. The molecule has 0 aromatic heterocycles. The van der Waals surface area contributed by atoms with Crippen LogP contribution in [0.25, 0.3) is 0 Å². The summed E-state index contributed by atoms with van der Waals surface area (Å²) in [5, 5.41) is 3.35. The van der Waals surface area contributed by atoms with Gasteiger partial charge in [0, 0.05) is 11.8 Å². The summed E-state index contributed by atoms with van der Waals surface area (Å²) in [5.41, 5.74) is 6.44. The molecule has 1 fully saturated rings. The minimum Gasteiger partial charge on any atom is -0.493 e. The number of nitrogens with one attached hydrogen (secondary N) is 1. The summed E-state index contributed by atoms with van der Waals surface area (Å²) in [6, 6.07) is 7.63. The Balaban J connectivity index is 1.81. The molecule has 0 amide bonds. The fourth-order valence-corrected chi connectivity index (χ4v) is 1.87. The molecule has 0 bridgehead atoms. The van der Waals surface area contributed by atoms with E-state index in [1.165, 1.54) is 12.8 Å². The topological polar surface area (TPSA) is 47.3 Å². The molecule has 0 aliphatic carbocycles. The Hall–Kier alpha value is -1.22. The summed E-state index contributed by atoms with van der Waals surface area (Å²) in [6.45, 7) is 3.04. The highest BCUT2D eigenvalue weighted by Crippen LogP contribution is 2.18. The number of piperidine rings is 1. The second kappa shape index (κ2) is 5.03. The lowest BCUT2D eigenvalue weighted by molar-refractivity contribution is 0.215. The Kier molecular flexibility index (Phi) is 3.45. The fourth-order valence-electron chi connectivity index (χ4n) is 1.87. The zero-order chi connectivity index (χ0) is 10.5. The predicted molar refractivity (Wildman–Crippen MR) is 61.9 cm³/mol. The minimum atomic E-state index is 0.688. The summed E-state index contributed by atoms with van der Waals surface area (Å²) >= 11 is 0. The van der Waals surface area contributed by atoms with Crippen LogP contribution in [0.2, 0.25) is 0 Å². The van der Waals surface area contributed by atoms with Crippen LogP contribution in [-0.4, -0.2) is 19.7 Å². The minimum absolute atomic E-state index is 0.688. The standard InChI is InChI=1S/C12H18N2O/c13-11-2-1-3-12(8-11)15-9-10-4-6-14-7-5-10/h1-3,8,10,14H,4-7,9,13H2. The quantitative estimate of drug-likeness (QED) is 0.739. The van der Waals surface area contributed by atoms with Crippen molar-refractivity contribution in [3.63, 3.8) is 0 Å². The van der Waals surface area contributed by atoms with Crippen molar-refractivity contribution in [3.05, 3.63) is 24.3 Å². The van der Waals surface area contributed by atoms with Crippen molar-refractivity contribution in [2.24, 2.45) is 5.92 Å². The van der Waals surface area contributed by atoms with Gasteiger partial charge in [0.05, 0.1) is 6.61 Å². The monoisotopic (exact) mass is 206 g/mol. The van der Waals surface area contributed by atoms with E-state index in [0.717, 1.165) is 31.1 Å². The number of hydrogen-bond acceptors (Lipinski definition) is 3. The van der Waals surface area contributed by atoms with Gasteiger partial charge in [0.2, 0.25) is 0 Å².